The van der Waals surface area contributed by atoms with E-state index in [4.69, 9.17) is 4.98 Å². The first-order valence-electron chi connectivity index (χ1n) is 22.1. The number of anilines is 3. The van der Waals surface area contributed by atoms with Gasteiger partial charge in [-0.25, -0.2) is 4.98 Å². The molecule has 1 aliphatic rings. The van der Waals surface area contributed by atoms with Crippen molar-refractivity contribution in [2.45, 2.75) is 19.3 Å². The van der Waals surface area contributed by atoms with Crippen molar-refractivity contribution in [2.75, 3.05) is 4.90 Å². The fraction of sp³-hybridized carbons (Fsp3) is 0.0500. The van der Waals surface area contributed by atoms with E-state index >= 15 is 0 Å². The highest BCUT2D eigenvalue weighted by Crippen LogP contribution is 2.52. The van der Waals surface area contributed by atoms with Gasteiger partial charge in [-0.15, -0.1) is 0 Å². The van der Waals surface area contributed by atoms with Crippen LogP contribution in [0.1, 0.15) is 25.0 Å². The molecule has 0 atom stereocenters. The number of hydrogen-bond acceptors (Lipinski definition) is 2. The van der Waals surface area contributed by atoms with Gasteiger partial charge in [0.05, 0.1) is 22.1 Å². The second kappa shape index (κ2) is 13.9. The van der Waals surface area contributed by atoms with Gasteiger partial charge >= 0.3 is 0 Å². The molecule has 302 valence electrons. The number of imidazole rings is 1. The molecule has 0 unspecified atom stereocenters. The van der Waals surface area contributed by atoms with Crippen LogP contribution in [0.15, 0.2) is 218 Å². The summed E-state index contributed by atoms with van der Waals surface area (Å²) in [5.41, 5.74) is 16.2. The zero-order valence-electron chi connectivity index (χ0n) is 35.6. The second-order valence-electron chi connectivity index (χ2n) is 17.6. The Morgan fingerprint density at radius 3 is 1.69 bits per heavy atom. The molecule has 0 aliphatic heterocycles. The summed E-state index contributed by atoms with van der Waals surface area (Å²) in [5.74, 6) is 0.949. The summed E-state index contributed by atoms with van der Waals surface area (Å²) in [6.45, 7) is 4.74. The zero-order valence-corrected chi connectivity index (χ0v) is 35.6. The van der Waals surface area contributed by atoms with Gasteiger partial charge in [-0.05, 0) is 141 Å². The highest BCUT2D eigenvalue weighted by Gasteiger charge is 2.37. The molecule has 2 aromatic heterocycles. The van der Waals surface area contributed by atoms with Gasteiger partial charge in [-0.3, -0.25) is 4.57 Å². The van der Waals surface area contributed by atoms with Crippen molar-refractivity contribution in [3.63, 3.8) is 0 Å². The van der Waals surface area contributed by atoms with E-state index in [1.54, 1.807) is 0 Å². The van der Waals surface area contributed by atoms with E-state index in [9.17, 15) is 0 Å². The van der Waals surface area contributed by atoms with Crippen LogP contribution >= 0.6 is 0 Å². The topological polar surface area (TPSA) is 26.0 Å². The fourth-order valence-corrected chi connectivity index (χ4v) is 10.6. The number of fused-ring (bicyclic) bond motifs is 10. The largest absolute Gasteiger partial charge is 0.310 e. The minimum absolute atomic E-state index is 0.209. The van der Waals surface area contributed by atoms with Crippen LogP contribution in [0.2, 0.25) is 0 Å². The minimum Gasteiger partial charge on any atom is -0.310 e. The lowest BCUT2D eigenvalue weighted by Crippen LogP contribution is -2.15. The third kappa shape index (κ3) is 5.45. The van der Waals surface area contributed by atoms with E-state index < -0.39 is 0 Å². The van der Waals surface area contributed by atoms with Gasteiger partial charge in [-0.1, -0.05) is 135 Å². The Balaban J connectivity index is 1.01. The van der Waals surface area contributed by atoms with E-state index in [1.165, 1.54) is 65.6 Å². The molecule has 64 heavy (non-hydrogen) atoms. The van der Waals surface area contributed by atoms with Crippen LogP contribution in [0.5, 0.6) is 0 Å². The van der Waals surface area contributed by atoms with Gasteiger partial charge in [0.25, 0.3) is 0 Å². The third-order valence-electron chi connectivity index (χ3n) is 13.6. The summed E-state index contributed by atoms with van der Waals surface area (Å²) in [5, 5.41) is 7.39. The average molecular weight is 819 g/mol. The molecule has 10 aromatic carbocycles. The van der Waals surface area contributed by atoms with Crippen LogP contribution in [-0.2, 0) is 5.41 Å². The van der Waals surface area contributed by atoms with Crippen LogP contribution in [0.4, 0.5) is 17.1 Å². The molecule has 4 nitrogen and oxygen atoms in total. The first kappa shape index (κ1) is 36.4. The lowest BCUT2D eigenvalue weighted by Gasteiger charge is -2.26. The third-order valence-corrected chi connectivity index (χ3v) is 13.6. The summed E-state index contributed by atoms with van der Waals surface area (Å²) in [7, 11) is 0. The molecule has 1 aliphatic carbocycles. The molecular weight excluding hydrogens is 777 g/mol. The maximum absolute atomic E-state index is 5.34. The highest BCUT2D eigenvalue weighted by atomic mass is 15.1. The molecule has 0 saturated carbocycles. The molecule has 0 N–H and O–H groups in total. The van der Waals surface area contributed by atoms with Crippen LogP contribution in [0, 0.1) is 0 Å². The summed E-state index contributed by atoms with van der Waals surface area (Å²) in [4.78, 5) is 7.75. The van der Waals surface area contributed by atoms with Crippen molar-refractivity contribution in [1.82, 2.24) is 14.1 Å². The molecule has 0 radical (unpaired) electrons. The molecule has 2 heterocycles. The van der Waals surface area contributed by atoms with Crippen molar-refractivity contribution in [1.29, 1.82) is 0 Å². The molecule has 12 aromatic rings. The van der Waals surface area contributed by atoms with Crippen LogP contribution in [0.25, 0.3) is 88.3 Å². The zero-order chi connectivity index (χ0) is 42.5. The molecule has 0 amide bonds. The van der Waals surface area contributed by atoms with E-state index in [0.29, 0.717) is 0 Å². The van der Waals surface area contributed by atoms with Gasteiger partial charge in [-0.2, -0.15) is 0 Å². The van der Waals surface area contributed by atoms with Crippen molar-refractivity contribution in [3.8, 4) is 33.9 Å². The first-order chi connectivity index (χ1) is 31.5. The van der Waals surface area contributed by atoms with E-state index in [0.717, 1.165) is 50.9 Å². The van der Waals surface area contributed by atoms with Crippen molar-refractivity contribution in [2.24, 2.45) is 0 Å². The molecular formula is C60H42N4. The van der Waals surface area contributed by atoms with Crippen molar-refractivity contribution >= 4 is 71.4 Å². The summed E-state index contributed by atoms with van der Waals surface area (Å²) in [6.07, 6.45) is 0. The van der Waals surface area contributed by atoms with Crippen LogP contribution in [0.3, 0.4) is 0 Å². The minimum atomic E-state index is -0.209. The summed E-state index contributed by atoms with van der Waals surface area (Å²) in [6, 6.07) is 79.5. The molecule has 4 heteroatoms. The molecule has 0 spiro atoms. The molecule has 13 rings (SSSR count). The van der Waals surface area contributed by atoms with Gasteiger partial charge in [0.15, 0.2) is 0 Å². The lowest BCUT2D eigenvalue weighted by molar-refractivity contribution is 0.662. The quantitative estimate of drug-likeness (QED) is 0.156. The van der Waals surface area contributed by atoms with Crippen LogP contribution in [-0.4, -0.2) is 14.1 Å². The number of aromatic nitrogens is 3. The molecule has 0 bridgehead atoms. The predicted octanol–water partition coefficient (Wildman–Crippen LogP) is 15.9. The normalized spacial score (nSPS) is 13.0. The van der Waals surface area contributed by atoms with Gasteiger partial charge in [0.2, 0.25) is 0 Å². The number of nitrogens with zero attached hydrogens (tertiary/aromatic N) is 4. The van der Waals surface area contributed by atoms with Crippen molar-refractivity contribution in [3.05, 3.63) is 230 Å². The van der Waals surface area contributed by atoms with E-state index in [1.807, 2.05) is 0 Å². The van der Waals surface area contributed by atoms with Gasteiger partial charge in [0, 0.05) is 50.2 Å². The second-order valence-corrected chi connectivity index (χ2v) is 17.6. The fourth-order valence-electron chi connectivity index (χ4n) is 10.6. The standard InChI is InChI=1S/C60H42N4/c1-60(2)53-33-41-28-27-39-29-30-45(62(42-19-9-4-10-20-42)46-31-32-57-52(35-46)47-25-15-16-26-56(47)63(57)43-21-11-5-12-22-43)34-48(39)49(41)36-50(53)51-37-58-55(38-54(51)60)61-59(40-17-7-3-8-18-40)64(58)44-23-13-6-14-24-44/h3-38H,1-2H3. The van der Waals surface area contributed by atoms with Crippen LogP contribution < -0.4 is 4.90 Å². The predicted molar refractivity (Wildman–Crippen MR) is 268 cm³/mol. The highest BCUT2D eigenvalue weighted by molar-refractivity contribution is 6.13. The lowest BCUT2D eigenvalue weighted by atomic mass is 9.81. The Kier molecular flexibility index (Phi) is 7.92. The first-order valence-corrected chi connectivity index (χ1v) is 22.1. The Morgan fingerprint density at radius 2 is 0.938 bits per heavy atom. The maximum atomic E-state index is 5.34. The van der Waals surface area contributed by atoms with Gasteiger partial charge < -0.3 is 9.47 Å². The number of benzene rings is 10. The Labute approximate surface area is 371 Å². The SMILES string of the molecule is CC1(C)c2cc3ccc4ccc(N(c5ccccc5)c5ccc6c(c5)c5ccccc5n6-c5ccccc5)cc4c3cc2-c2cc3c(cc21)nc(-c1ccccc1)n3-c1ccccc1. The Morgan fingerprint density at radius 1 is 0.391 bits per heavy atom. The number of para-hydroxylation sites is 4. The average Bonchev–Trinajstić information content (AvgIpc) is 3.96. The molecule has 0 saturated heterocycles. The maximum Gasteiger partial charge on any atom is 0.145 e. The monoisotopic (exact) mass is 818 g/mol. The van der Waals surface area contributed by atoms with Crippen molar-refractivity contribution < 1.29 is 0 Å². The van der Waals surface area contributed by atoms with E-state index in [-0.39, 0.29) is 5.41 Å². The summed E-state index contributed by atoms with van der Waals surface area (Å²) < 4.78 is 4.71. The smallest absolute Gasteiger partial charge is 0.145 e. The molecule has 0 fully saturated rings. The van der Waals surface area contributed by atoms with E-state index in [2.05, 4.69) is 246 Å². The Hall–Kier alpha value is -8.21. The van der Waals surface area contributed by atoms with Gasteiger partial charge in [0.1, 0.15) is 5.82 Å². The Bertz CT molecular complexity index is 3790. The number of rotatable bonds is 6. The summed E-state index contributed by atoms with van der Waals surface area (Å²) >= 11 is 0. The number of hydrogen-bond donors (Lipinski definition) is 0.